The van der Waals surface area contributed by atoms with Gasteiger partial charge in [0.25, 0.3) is 11.6 Å². The third-order valence-corrected chi connectivity index (χ3v) is 6.76. The number of hydrogen-bond acceptors (Lipinski definition) is 9. The predicted molar refractivity (Wildman–Crippen MR) is 148 cm³/mol. The van der Waals surface area contributed by atoms with Crippen molar-refractivity contribution in [3.63, 3.8) is 0 Å². The fraction of sp³-hybridized carbons (Fsp3) is 0.179. The maximum Gasteiger partial charge on any atom is 0.337 e. The Hall–Kier alpha value is -4.64. The summed E-state index contributed by atoms with van der Waals surface area (Å²) in [5.74, 6) is -0.280. The molecule has 1 amide bonds. The number of hydrogen-bond donors (Lipinski definition) is 0. The number of nitro benzene ring substituents is 1. The van der Waals surface area contributed by atoms with Gasteiger partial charge >= 0.3 is 5.97 Å². The van der Waals surface area contributed by atoms with Crippen LogP contribution in [0.3, 0.4) is 0 Å². The second-order valence-corrected chi connectivity index (χ2v) is 9.20. The minimum absolute atomic E-state index is 0.194. The number of carbonyl (C=O) groups excluding carboxylic acids is 2. The van der Waals surface area contributed by atoms with Gasteiger partial charge in [-0.3, -0.25) is 19.8 Å². The topological polar surface area (TPSA) is 121 Å². The van der Waals surface area contributed by atoms with Crippen LogP contribution in [0.2, 0.25) is 0 Å². The first-order valence-corrected chi connectivity index (χ1v) is 12.7. The maximum absolute atomic E-state index is 13.2. The second kappa shape index (κ2) is 12.3. The lowest BCUT2D eigenvalue weighted by atomic mass is 10.1. The molecule has 11 heteroatoms. The average molecular weight is 548 g/mol. The van der Waals surface area contributed by atoms with E-state index in [1.807, 2.05) is 37.3 Å². The van der Waals surface area contributed by atoms with Crippen LogP contribution in [-0.4, -0.2) is 47.6 Å². The van der Waals surface area contributed by atoms with Crippen molar-refractivity contribution in [1.29, 1.82) is 0 Å². The second-order valence-electron chi connectivity index (χ2n) is 8.19. The van der Waals surface area contributed by atoms with E-state index < -0.39 is 10.9 Å². The smallest absolute Gasteiger partial charge is 0.337 e. The number of amidine groups is 1. The Morgan fingerprint density at radius 1 is 1.08 bits per heavy atom. The Morgan fingerprint density at radius 2 is 1.79 bits per heavy atom. The monoisotopic (exact) mass is 547 g/mol. The molecular formula is C28H25N3O7S. The van der Waals surface area contributed by atoms with Gasteiger partial charge in [-0.1, -0.05) is 30.3 Å². The van der Waals surface area contributed by atoms with Gasteiger partial charge in [-0.05, 0) is 60.7 Å². The van der Waals surface area contributed by atoms with Crippen molar-refractivity contribution >= 4 is 46.3 Å². The first-order chi connectivity index (χ1) is 18.8. The molecule has 0 saturated carbocycles. The molecule has 1 fully saturated rings. The van der Waals surface area contributed by atoms with Gasteiger partial charge in [-0.15, -0.1) is 0 Å². The number of ether oxygens (including phenoxy) is 3. The van der Waals surface area contributed by atoms with Crippen molar-refractivity contribution in [1.82, 2.24) is 4.90 Å². The van der Waals surface area contributed by atoms with Gasteiger partial charge in [-0.25, -0.2) is 9.79 Å². The van der Waals surface area contributed by atoms with Crippen LogP contribution >= 0.6 is 11.8 Å². The molecule has 3 aromatic rings. The van der Waals surface area contributed by atoms with E-state index >= 15 is 0 Å². The molecule has 0 atom stereocenters. The summed E-state index contributed by atoms with van der Waals surface area (Å²) >= 11 is 1.10. The van der Waals surface area contributed by atoms with Crippen molar-refractivity contribution in [2.75, 3.05) is 20.8 Å². The van der Waals surface area contributed by atoms with E-state index in [2.05, 4.69) is 4.99 Å². The molecule has 10 nitrogen and oxygen atoms in total. The molecule has 0 radical (unpaired) electrons. The zero-order valence-corrected chi connectivity index (χ0v) is 22.3. The van der Waals surface area contributed by atoms with E-state index in [4.69, 9.17) is 14.2 Å². The molecule has 3 aromatic carbocycles. The molecule has 0 aromatic heterocycles. The van der Waals surface area contributed by atoms with Crippen LogP contribution in [-0.2, 0) is 16.1 Å². The highest BCUT2D eigenvalue weighted by molar-refractivity contribution is 8.18. The summed E-state index contributed by atoms with van der Waals surface area (Å²) in [5, 5.41) is 12.4. The lowest BCUT2D eigenvalue weighted by Crippen LogP contribution is -2.28. The fourth-order valence-electron chi connectivity index (χ4n) is 3.76. The largest absolute Gasteiger partial charge is 0.493 e. The van der Waals surface area contributed by atoms with Crippen LogP contribution in [0.4, 0.5) is 11.4 Å². The van der Waals surface area contributed by atoms with Crippen LogP contribution in [0.1, 0.15) is 28.4 Å². The summed E-state index contributed by atoms with van der Waals surface area (Å²) in [6.07, 6.45) is 1.46. The Morgan fingerprint density at radius 3 is 2.41 bits per heavy atom. The van der Waals surface area contributed by atoms with Gasteiger partial charge in [-0.2, -0.15) is 0 Å². The summed E-state index contributed by atoms with van der Waals surface area (Å²) in [5.41, 5.74) is 1.77. The van der Waals surface area contributed by atoms with Crippen molar-refractivity contribution in [2.24, 2.45) is 4.99 Å². The molecule has 1 aliphatic rings. The first-order valence-electron chi connectivity index (χ1n) is 11.9. The molecule has 0 spiro atoms. The van der Waals surface area contributed by atoms with E-state index in [1.54, 1.807) is 24.3 Å². The van der Waals surface area contributed by atoms with E-state index in [-0.39, 0.29) is 34.4 Å². The normalized spacial score (nSPS) is 15.1. The number of esters is 1. The number of carbonyl (C=O) groups is 2. The Kier molecular flexibility index (Phi) is 8.62. The highest BCUT2D eigenvalue weighted by Gasteiger charge is 2.33. The lowest BCUT2D eigenvalue weighted by molar-refractivity contribution is -0.385. The third-order valence-electron chi connectivity index (χ3n) is 5.75. The summed E-state index contributed by atoms with van der Waals surface area (Å²) in [6, 6.07) is 18.6. The van der Waals surface area contributed by atoms with Crippen LogP contribution in [0.25, 0.3) is 6.08 Å². The molecule has 200 valence electrons. The van der Waals surface area contributed by atoms with E-state index in [0.29, 0.717) is 28.7 Å². The van der Waals surface area contributed by atoms with Crippen LogP contribution < -0.4 is 9.47 Å². The number of methoxy groups -OCH3 is 2. The number of amides is 1. The minimum atomic E-state index is -0.527. The third kappa shape index (κ3) is 6.27. The number of aliphatic imine (C=N–C) groups is 1. The number of nitro groups is 1. The highest BCUT2D eigenvalue weighted by Crippen LogP contribution is 2.39. The molecular weight excluding hydrogens is 522 g/mol. The molecule has 1 saturated heterocycles. The predicted octanol–water partition coefficient (Wildman–Crippen LogP) is 5.59. The highest BCUT2D eigenvalue weighted by atomic mass is 32.2. The van der Waals surface area contributed by atoms with Crippen LogP contribution in [0, 0.1) is 10.1 Å². The van der Waals surface area contributed by atoms with E-state index in [1.165, 1.54) is 37.3 Å². The average Bonchev–Trinajstić information content (AvgIpc) is 3.25. The van der Waals surface area contributed by atoms with Gasteiger partial charge in [0, 0.05) is 6.54 Å². The lowest BCUT2D eigenvalue weighted by Gasteiger charge is -2.12. The zero-order chi connectivity index (χ0) is 27.9. The Balaban J connectivity index is 1.65. The van der Waals surface area contributed by atoms with Gasteiger partial charge in [0.15, 0.2) is 16.7 Å². The number of benzene rings is 3. The molecule has 0 aliphatic carbocycles. The quantitative estimate of drug-likeness (QED) is 0.147. The number of thioether (sulfide) groups is 1. The van der Waals surface area contributed by atoms with Crippen LogP contribution in [0.15, 0.2) is 76.6 Å². The number of nitrogens with zero attached hydrogens (tertiary/aromatic N) is 3. The molecule has 0 bridgehead atoms. The number of likely N-dealkylation sites (N-methyl/N-ethyl adjacent to an activating group) is 1. The van der Waals surface area contributed by atoms with Crippen LogP contribution in [0.5, 0.6) is 11.5 Å². The number of rotatable bonds is 9. The van der Waals surface area contributed by atoms with Gasteiger partial charge in [0.05, 0.1) is 46.9 Å². The standard InChI is InChI=1S/C28H25N3O7S/c1-4-30-26(32)25(39-28(30)29-21-12-10-19(11-13-21)27(33)37-3)15-20-14-23(36-2)24(16-22(20)31(34)35)38-17-18-8-6-5-7-9-18/h5-16H,4,17H2,1-3H3/b25-15+,29-28?. The summed E-state index contributed by atoms with van der Waals surface area (Å²) < 4.78 is 16.0. The first kappa shape index (κ1) is 27.4. The molecule has 0 unspecified atom stereocenters. The van der Waals surface area contributed by atoms with Gasteiger partial charge < -0.3 is 14.2 Å². The van der Waals surface area contributed by atoms with Crippen molar-refractivity contribution < 1.29 is 28.7 Å². The summed E-state index contributed by atoms with van der Waals surface area (Å²) in [6.45, 7) is 2.36. The molecule has 1 heterocycles. The maximum atomic E-state index is 13.2. The van der Waals surface area contributed by atoms with Crippen molar-refractivity contribution in [2.45, 2.75) is 13.5 Å². The molecule has 39 heavy (non-hydrogen) atoms. The SMILES string of the molecule is CCN1C(=O)/C(=C\c2cc(OC)c(OCc3ccccc3)cc2[N+](=O)[O-])SC1=Nc1ccc(C(=O)OC)cc1. The zero-order valence-electron chi connectivity index (χ0n) is 21.5. The summed E-state index contributed by atoms with van der Waals surface area (Å²) in [7, 11) is 2.74. The molecule has 1 aliphatic heterocycles. The van der Waals surface area contributed by atoms with Crippen molar-refractivity contribution in [3.8, 4) is 11.5 Å². The Bertz CT molecular complexity index is 1450. The minimum Gasteiger partial charge on any atom is -0.493 e. The molecule has 4 rings (SSSR count). The van der Waals surface area contributed by atoms with Gasteiger partial charge in [0.2, 0.25) is 0 Å². The van der Waals surface area contributed by atoms with E-state index in [9.17, 15) is 19.7 Å². The van der Waals surface area contributed by atoms with Crippen molar-refractivity contribution in [3.05, 3.63) is 98.4 Å². The summed E-state index contributed by atoms with van der Waals surface area (Å²) in [4.78, 5) is 42.6. The van der Waals surface area contributed by atoms with Gasteiger partial charge in [0.1, 0.15) is 6.61 Å². The Labute approximate surface area is 229 Å². The van der Waals surface area contributed by atoms with E-state index in [0.717, 1.165) is 17.3 Å². The fourth-order valence-corrected chi connectivity index (χ4v) is 4.81. The molecule has 0 N–H and O–H groups in total.